The maximum atomic E-state index is 14.4. The van der Waals surface area contributed by atoms with Gasteiger partial charge in [0.1, 0.15) is 17.6 Å². The van der Waals surface area contributed by atoms with Crippen LogP contribution in [-0.4, -0.2) is 27.1 Å². The van der Waals surface area contributed by atoms with Crippen LogP contribution in [0.2, 0.25) is 0 Å². The second kappa shape index (κ2) is 8.51. The highest BCUT2D eigenvalue weighted by molar-refractivity contribution is 9.10. The number of ether oxygens (including phenoxy) is 1. The minimum absolute atomic E-state index is 0.342. The zero-order valence-corrected chi connectivity index (χ0v) is 18.7. The highest BCUT2D eigenvalue weighted by Gasteiger charge is 2.24. The number of rotatable bonds is 5. The Bertz CT molecular complexity index is 1400. The minimum Gasteiger partial charge on any atom is -0.481 e. The SMILES string of the molecule is COc1nc2ccc(Br)cc2cc1C(c1ccccc1)n1cc(-c2ccccc2F)nn1. The smallest absolute Gasteiger partial charge is 0.219 e. The van der Waals surface area contributed by atoms with Crippen molar-refractivity contribution >= 4 is 26.8 Å². The fourth-order valence-corrected chi connectivity index (χ4v) is 4.19. The third-order valence-electron chi connectivity index (χ3n) is 5.30. The third kappa shape index (κ3) is 3.76. The first kappa shape index (κ1) is 20.3. The number of hydrogen-bond acceptors (Lipinski definition) is 4. The van der Waals surface area contributed by atoms with E-state index in [1.54, 1.807) is 36.2 Å². The number of benzene rings is 3. The van der Waals surface area contributed by atoms with Crippen molar-refractivity contribution in [2.75, 3.05) is 7.11 Å². The lowest BCUT2D eigenvalue weighted by Gasteiger charge is -2.20. The maximum absolute atomic E-state index is 14.4. The van der Waals surface area contributed by atoms with Gasteiger partial charge in [0.15, 0.2) is 0 Å². The van der Waals surface area contributed by atoms with Crippen LogP contribution in [0.1, 0.15) is 17.2 Å². The second-order valence-corrected chi connectivity index (χ2v) is 8.22. The molecule has 0 bridgehead atoms. The number of methoxy groups -OCH3 is 1. The van der Waals surface area contributed by atoms with Gasteiger partial charge < -0.3 is 4.74 Å². The Morgan fingerprint density at radius 1 is 0.969 bits per heavy atom. The van der Waals surface area contributed by atoms with E-state index >= 15 is 0 Å². The summed E-state index contributed by atoms with van der Waals surface area (Å²) in [6, 6.07) is 24.0. The van der Waals surface area contributed by atoms with Gasteiger partial charge in [-0.1, -0.05) is 63.6 Å². The molecular weight excluding hydrogens is 471 g/mol. The van der Waals surface area contributed by atoms with E-state index in [-0.39, 0.29) is 11.9 Å². The zero-order valence-electron chi connectivity index (χ0n) is 17.1. The molecule has 0 saturated carbocycles. The van der Waals surface area contributed by atoms with Gasteiger partial charge in [0.05, 0.1) is 18.8 Å². The standard InChI is InChI=1S/C25H18BrFN4O/c1-32-25-20(14-17-13-18(26)11-12-22(17)28-25)24(16-7-3-2-4-8-16)31-15-23(29-30-31)19-9-5-6-10-21(19)27/h2-15,24H,1H3. The first-order valence-electron chi connectivity index (χ1n) is 10.00. The molecule has 0 amide bonds. The van der Waals surface area contributed by atoms with Crippen LogP contribution in [0.3, 0.4) is 0 Å². The molecule has 3 aromatic carbocycles. The molecule has 0 aliphatic carbocycles. The van der Waals surface area contributed by atoms with Gasteiger partial charge in [-0.05, 0) is 42.0 Å². The molecule has 0 aliphatic heterocycles. The lowest BCUT2D eigenvalue weighted by molar-refractivity contribution is 0.387. The van der Waals surface area contributed by atoms with Gasteiger partial charge >= 0.3 is 0 Å². The van der Waals surface area contributed by atoms with E-state index < -0.39 is 0 Å². The van der Waals surface area contributed by atoms with Crippen molar-refractivity contribution in [1.29, 1.82) is 0 Å². The van der Waals surface area contributed by atoms with Gasteiger partial charge in [-0.3, -0.25) is 0 Å². The summed E-state index contributed by atoms with van der Waals surface area (Å²) in [7, 11) is 1.60. The Labute approximate surface area is 192 Å². The molecule has 2 heterocycles. The summed E-state index contributed by atoms with van der Waals surface area (Å²) in [6.07, 6.45) is 1.75. The maximum Gasteiger partial charge on any atom is 0.219 e. The molecule has 0 saturated heterocycles. The van der Waals surface area contributed by atoms with E-state index in [4.69, 9.17) is 9.72 Å². The number of fused-ring (bicyclic) bond motifs is 1. The van der Waals surface area contributed by atoms with Gasteiger partial charge in [0.25, 0.3) is 0 Å². The molecule has 1 atom stereocenters. The topological polar surface area (TPSA) is 52.8 Å². The molecule has 0 fully saturated rings. The van der Waals surface area contributed by atoms with Gasteiger partial charge in [0, 0.05) is 21.0 Å². The summed E-state index contributed by atoms with van der Waals surface area (Å²) < 4.78 is 22.7. The minimum atomic E-state index is -0.366. The predicted octanol–water partition coefficient (Wildman–Crippen LogP) is 6.04. The number of hydrogen-bond donors (Lipinski definition) is 0. The quantitative estimate of drug-likeness (QED) is 0.302. The van der Waals surface area contributed by atoms with Crippen molar-refractivity contribution in [3.05, 3.63) is 106 Å². The van der Waals surface area contributed by atoms with Crippen molar-refractivity contribution < 1.29 is 9.13 Å². The predicted molar refractivity (Wildman–Crippen MR) is 125 cm³/mol. The lowest BCUT2D eigenvalue weighted by atomic mass is 9.98. The molecular formula is C25H18BrFN4O. The highest BCUT2D eigenvalue weighted by Crippen LogP contribution is 2.35. The summed E-state index contributed by atoms with van der Waals surface area (Å²) in [5.41, 5.74) is 3.49. The van der Waals surface area contributed by atoms with E-state index in [9.17, 15) is 4.39 Å². The third-order valence-corrected chi connectivity index (χ3v) is 5.79. The molecule has 5 nitrogen and oxygen atoms in total. The van der Waals surface area contributed by atoms with Crippen LogP contribution < -0.4 is 4.74 Å². The van der Waals surface area contributed by atoms with E-state index in [0.717, 1.165) is 26.5 Å². The monoisotopic (exact) mass is 488 g/mol. The highest BCUT2D eigenvalue weighted by atomic mass is 79.9. The average Bonchev–Trinajstić information content (AvgIpc) is 3.29. The number of halogens is 2. The average molecular weight is 489 g/mol. The van der Waals surface area contributed by atoms with Crippen LogP contribution in [-0.2, 0) is 0 Å². The molecule has 0 radical (unpaired) electrons. The molecule has 2 aromatic heterocycles. The Balaban J connectivity index is 1.71. The van der Waals surface area contributed by atoms with Crippen molar-refractivity contribution in [2.24, 2.45) is 0 Å². The first-order chi connectivity index (χ1) is 15.6. The molecule has 158 valence electrons. The number of aromatic nitrogens is 4. The fraction of sp³-hybridized carbons (Fsp3) is 0.0800. The summed E-state index contributed by atoms with van der Waals surface area (Å²) in [4.78, 5) is 4.72. The molecule has 7 heteroatoms. The molecule has 0 spiro atoms. The van der Waals surface area contributed by atoms with Crippen LogP contribution in [0.25, 0.3) is 22.2 Å². The van der Waals surface area contributed by atoms with E-state index in [0.29, 0.717) is 17.1 Å². The number of pyridine rings is 1. The van der Waals surface area contributed by atoms with Crippen molar-refractivity contribution in [3.63, 3.8) is 0 Å². The molecule has 1 unspecified atom stereocenters. The van der Waals surface area contributed by atoms with Gasteiger partial charge in [-0.25, -0.2) is 14.1 Å². The largest absolute Gasteiger partial charge is 0.481 e. The lowest BCUT2D eigenvalue weighted by Crippen LogP contribution is -2.15. The summed E-state index contributed by atoms with van der Waals surface area (Å²) in [6.45, 7) is 0. The molecule has 32 heavy (non-hydrogen) atoms. The van der Waals surface area contributed by atoms with Crippen LogP contribution in [0.4, 0.5) is 4.39 Å². The van der Waals surface area contributed by atoms with Crippen molar-refractivity contribution in [1.82, 2.24) is 20.0 Å². The number of nitrogens with zero attached hydrogens (tertiary/aromatic N) is 4. The Morgan fingerprint density at radius 3 is 2.53 bits per heavy atom. The Morgan fingerprint density at radius 2 is 1.75 bits per heavy atom. The normalized spacial score (nSPS) is 12.1. The van der Waals surface area contributed by atoms with Crippen LogP contribution in [0.15, 0.2) is 89.5 Å². The van der Waals surface area contributed by atoms with Crippen molar-refractivity contribution in [3.8, 4) is 17.1 Å². The fourth-order valence-electron chi connectivity index (χ4n) is 3.81. The second-order valence-electron chi connectivity index (χ2n) is 7.30. The Hall–Kier alpha value is -3.58. The summed E-state index contributed by atoms with van der Waals surface area (Å²) in [5, 5.41) is 9.59. The van der Waals surface area contributed by atoms with Crippen LogP contribution >= 0.6 is 15.9 Å². The van der Waals surface area contributed by atoms with Crippen molar-refractivity contribution in [2.45, 2.75) is 6.04 Å². The summed E-state index contributed by atoms with van der Waals surface area (Å²) >= 11 is 3.53. The molecule has 5 aromatic rings. The summed E-state index contributed by atoms with van der Waals surface area (Å²) in [5.74, 6) is 0.155. The van der Waals surface area contributed by atoms with Gasteiger partial charge in [0.2, 0.25) is 5.88 Å². The van der Waals surface area contributed by atoms with E-state index in [1.165, 1.54) is 6.07 Å². The molecule has 0 N–H and O–H groups in total. The Kier molecular flexibility index (Phi) is 5.41. The van der Waals surface area contributed by atoms with Crippen LogP contribution in [0.5, 0.6) is 5.88 Å². The first-order valence-corrected chi connectivity index (χ1v) is 10.8. The van der Waals surface area contributed by atoms with Crippen LogP contribution in [0, 0.1) is 5.82 Å². The molecule has 0 aliphatic rings. The van der Waals surface area contributed by atoms with E-state index in [2.05, 4.69) is 26.2 Å². The molecule has 5 rings (SSSR count). The van der Waals surface area contributed by atoms with Gasteiger partial charge in [-0.15, -0.1) is 5.10 Å². The zero-order chi connectivity index (χ0) is 22.1. The van der Waals surface area contributed by atoms with Gasteiger partial charge in [-0.2, -0.15) is 0 Å². The van der Waals surface area contributed by atoms with E-state index in [1.807, 2.05) is 54.6 Å².